The summed E-state index contributed by atoms with van der Waals surface area (Å²) in [6.45, 7) is 4.27. The van der Waals surface area contributed by atoms with E-state index in [4.69, 9.17) is 0 Å². The molecule has 0 amide bonds. The van der Waals surface area contributed by atoms with Gasteiger partial charge in [-0.1, -0.05) is 60.7 Å². The molecular formula is C20H27N3O2S. The molecular weight excluding hydrogens is 346 g/mol. The van der Waals surface area contributed by atoms with Crippen molar-refractivity contribution in [2.24, 2.45) is 0 Å². The molecule has 3 rings (SSSR count). The quantitative estimate of drug-likeness (QED) is 0.808. The van der Waals surface area contributed by atoms with Crippen LogP contribution in [-0.2, 0) is 15.8 Å². The van der Waals surface area contributed by atoms with Crippen LogP contribution in [0.2, 0.25) is 0 Å². The molecule has 140 valence electrons. The number of rotatable bonds is 7. The smallest absolute Gasteiger partial charge is 0.215 e. The van der Waals surface area contributed by atoms with E-state index in [1.165, 1.54) is 0 Å². The van der Waals surface area contributed by atoms with Crippen LogP contribution in [0.15, 0.2) is 60.7 Å². The lowest BCUT2D eigenvalue weighted by atomic mass is 10.0. The summed E-state index contributed by atoms with van der Waals surface area (Å²) < 4.78 is 27.9. The third-order valence-corrected chi connectivity index (χ3v) is 6.18. The van der Waals surface area contributed by atoms with Crippen LogP contribution >= 0.6 is 0 Å². The normalized spacial score (nSPS) is 17.9. The lowest BCUT2D eigenvalue weighted by molar-refractivity contribution is 0.113. The molecule has 1 saturated heterocycles. The molecule has 6 heteroatoms. The molecule has 1 fully saturated rings. The van der Waals surface area contributed by atoms with Crippen molar-refractivity contribution >= 4 is 10.0 Å². The Kier molecular flexibility index (Phi) is 6.43. The van der Waals surface area contributed by atoms with Gasteiger partial charge in [-0.3, -0.25) is 4.90 Å². The van der Waals surface area contributed by atoms with Gasteiger partial charge in [0, 0.05) is 38.8 Å². The van der Waals surface area contributed by atoms with Gasteiger partial charge in [-0.25, -0.2) is 13.1 Å². The van der Waals surface area contributed by atoms with Crippen molar-refractivity contribution in [3.05, 3.63) is 71.8 Å². The first-order valence-electron chi connectivity index (χ1n) is 9.02. The Hall–Kier alpha value is -1.73. The molecule has 0 aromatic heterocycles. The Morgan fingerprint density at radius 3 is 2.12 bits per heavy atom. The van der Waals surface area contributed by atoms with Crippen molar-refractivity contribution in [1.82, 2.24) is 14.5 Å². The zero-order valence-electron chi connectivity index (χ0n) is 15.2. The molecule has 2 aromatic rings. The number of nitrogens with zero attached hydrogens (tertiary/aromatic N) is 2. The molecule has 0 aliphatic carbocycles. The second-order valence-corrected chi connectivity index (χ2v) is 8.67. The monoisotopic (exact) mass is 373 g/mol. The van der Waals surface area contributed by atoms with E-state index in [-0.39, 0.29) is 11.8 Å². The highest BCUT2D eigenvalue weighted by Gasteiger charge is 2.25. The predicted octanol–water partition coefficient (Wildman–Crippen LogP) is 2.09. The van der Waals surface area contributed by atoms with Gasteiger partial charge in [-0.2, -0.15) is 0 Å². The summed E-state index contributed by atoms with van der Waals surface area (Å²) in [6.07, 6.45) is 0. The molecule has 0 saturated carbocycles. The van der Waals surface area contributed by atoms with E-state index in [9.17, 15) is 8.42 Å². The fraction of sp³-hybridized carbons (Fsp3) is 0.400. The molecule has 0 spiro atoms. The van der Waals surface area contributed by atoms with Crippen molar-refractivity contribution in [3.8, 4) is 0 Å². The Bertz CT molecular complexity index is 773. The minimum Gasteiger partial charge on any atom is -0.304 e. The van der Waals surface area contributed by atoms with Crippen LogP contribution in [-0.4, -0.2) is 58.0 Å². The number of benzene rings is 2. The molecule has 1 atom stereocenters. The lowest BCUT2D eigenvalue weighted by Gasteiger charge is -2.38. The Balaban J connectivity index is 1.69. The molecule has 5 nitrogen and oxygen atoms in total. The third kappa shape index (κ3) is 5.38. The molecule has 1 aliphatic heterocycles. The fourth-order valence-corrected chi connectivity index (χ4v) is 4.46. The van der Waals surface area contributed by atoms with E-state index in [1.54, 1.807) is 0 Å². The second-order valence-electron chi connectivity index (χ2n) is 6.86. The molecule has 0 bridgehead atoms. The first kappa shape index (κ1) is 19.0. The first-order chi connectivity index (χ1) is 12.5. The average Bonchev–Trinajstić information content (AvgIpc) is 2.64. The zero-order valence-corrected chi connectivity index (χ0v) is 16.0. The molecule has 1 N–H and O–H groups in total. The van der Waals surface area contributed by atoms with Gasteiger partial charge in [0.25, 0.3) is 0 Å². The molecule has 0 radical (unpaired) electrons. The predicted molar refractivity (Wildman–Crippen MR) is 105 cm³/mol. The molecule has 26 heavy (non-hydrogen) atoms. The Morgan fingerprint density at radius 2 is 1.50 bits per heavy atom. The highest BCUT2D eigenvalue weighted by Crippen LogP contribution is 2.21. The lowest BCUT2D eigenvalue weighted by Crippen LogP contribution is -2.48. The van der Waals surface area contributed by atoms with Crippen LogP contribution < -0.4 is 4.72 Å². The second kappa shape index (κ2) is 8.77. The summed E-state index contributed by atoms with van der Waals surface area (Å²) in [5.41, 5.74) is 1.95. The molecule has 1 unspecified atom stereocenters. The zero-order chi connectivity index (χ0) is 18.4. The maximum atomic E-state index is 12.5. The van der Waals surface area contributed by atoms with E-state index in [0.717, 1.165) is 37.3 Å². The van der Waals surface area contributed by atoms with Crippen molar-refractivity contribution in [2.45, 2.75) is 11.8 Å². The van der Waals surface area contributed by atoms with E-state index >= 15 is 0 Å². The number of sulfonamides is 1. The Labute approximate surface area is 156 Å². The minimum atomic E-state index is -3.37. The first-order valence-corrected chi connectivity index (χ1v) is 10.7. The number of nitrogens with one attached hydrogen (secondary N) is 1. The largest absolute Gasteiger partial charge is 0.304 e. The van der Waals surface area contributed by atoms with Crippen molar-refractivity contribution in [1.29, 1.82) is 0 Å². The summed E-state index contributed by atoms with van der Waals surface area (Å²) >= 11 is 0. The highest BCUT2D eigenvalue weighted by molar-refractivity contribution is 7.88. The molecule has 2 aromatic carbocycles. The summed E-state index contributed by atoms with van der Waals surface area (Å²) in [5, 5.41) is 0. The van der Waals surface area contributed by atoms with Gasteiger partial charge in [0.1, 0.15) is 0 Å². The SMILES string of the molecule is CN1CCN(C(CNS(=O)(=O)Cc2ccccc2)c2ccccc2)CC1. The van der Waals surface area contributed by atoms with Crippen molar-refractivity contribution in [2.75, 3.05) is 39.8 Å². The van der Waals surface area contributed by atoms with Crippen LogP contribution in [0.4, 0.5) is 0 Å². The number of hydrogen-bond donors (Lipinski definition) is 1. The number of likely N-dealkylation sites (N-methyl/N-ethyl adjacent to an activating group) is 1. The van der Waals surface area contributed by atoms with E-state index in [0.29, 0.717) is 6.54 Å². The highest BCUT2D eigenvalue weighted by atomic mass is 32.2. The van der Waals surface area contributed by atoms with Crippen LogP contribution in [0.3, 0.4) is 0 Å². The van der Waals surface area contributed by atoms with E-state index in [2.05, 4.69) is 33.7 Å². The maximum Gasteiger partial charge on any atom is 0.215 e. The van der Waals surface area contributed by atoms with Gasteiger partial charge in [0.15, 0.2) is 0 Å². The summed E-state index contributed by atoms with van der Waals surface area (Å²) in [4.78, 5) is 4.68. The standard InChI is InChI=1S/C20H27N3O2S/c1-22-12-14-23(15-13-22)20(19-10-6-3-7-11-19)16-21-26(24,25)17-18-8-4-2-5-9-18/h2-11,20-21H,12-17H2,1H3. The third-order valence-electron chi connectivity index (χ3n) is 4.86. The Morgan fingerprint density at radius 1 is 0.923 bits per heavy atom. The van der Waals surface area contributed by atoms with Gasteiger partial charge in [-0.05, 0) is 18.2 Å². The summed E-state index contributed by atoms with van der Waals surface area (Å²) in [6, 6.07) is 19.5. The van der Waals surface area contributed by atoms with Crippen LogP contribution in [0.5, 0.6) is 0 Å². The average molecular weight is 374 g/mol. The van der Waals surface area contributed by atoms with Crippen molar-refractivity contribution in [3.63, 3.8) is 0 Å². The summed E-state index contributed by atoms with van der Waals surface area (Å²) in [7, 11) is -1.25. The van der Waals surface area contributed by atoms with Gasteiger partial charge in [-0.15, -0.1) is 0 Å². The van der Waals surface area contributed by atoms with Gasteiger partial charge in [0.05, 0.1) is 5.75 Å². The molecule has 1 heterocycles. The molecule has 1 aliphatic rings. The fourth-order valence-electron chi connectivity index (χ4n) is 3.32. The number of hydrogen-bond acceptors (Lipinski definition) is 4. The van der Waals surface area contributed by atoms with E-state index < -0.39 is 10.0 Å². The van der Waals surface area contributed by atoms with E-state index in [1.807, 2.05) is 48.5 Å². The maximum absolute atomic E-state index is 12.5. The summed E-state index contributed by atoms with van der Waals surface area (Å²) in [5.74, 6) is 0.0120. The minimum absolute atomic E-state index is 0.0120. The van der Waals surface area contributed by atoms with Crippen LogP contribution in [0.25, 0.3) is 0 Å². The van der Waals surface area contributed by atoms with Gasteiger partial charge < -0.3 is 4.90 Å². The van der Waals surface area contributed by atoms with Crippen molar-refractivity contribution < 1.29 is 8.42 Å². The van der Waals surface area contributed by atoms with Gasteiger partial charge in [0.2, 0.25) is 10.0 Å². The number of piperazine rings is 1. The van der Waals surface area contributed by atoms with Gasteiger partial charge >= 0.3 is 0 Å². The van der Waals surface area contributed by atoms with Crippen LogP contribution in [0.1, 0.15) is 17.2 Å². The topological polar surface area (TPSA) is 52.6 Å². The van der Waals surface area contributed by atoms with Crippen LogP contribution in [0, 0.1) is 0 Å².